The summed E-state index contributed by atoms with van der Waals surface area (Å²) in [6.45, 7) is 0. The molecule has 1 fully saturated rings. The molecule has 2 aromatic rings. The van der Waals surface area contributed by atoms with E-state index in [2.05, 4.69) is 42.9 Å². The van der Waals surface area contributed by atoms with Crippen LogP contribution in [0.4, 0.5) is 0 Å². The topological polar surface area (TPSA) is 30.0 Å². The number of benzene rings is 1. The van der Waals surface area contributed by atoms with Crippen LogP contribution in [-0.2, 0) is 0 Å². The highest BCUT2D eigenvalue weighted by atomic mass is 79.9. The van der Waals surface area contributed by atoms with Crippen LogP contribution in [0, 0.1) is 0 Å². The molecule has 1 aromatic heterocycles. The number of hydrogen-bond donors (Lipinski definition) is 0. The van der Waals surface area contributed by atoms with Crippen LogP contribution in [0.25, 0.3) is 0 Å². The predicted molar refractivity (Wildman–Crippen MR) is 86.1 cm³/mol. The van der Waals surface area contributed by atoms with Crippen molar-refractivity contribution in [2.75, 3.05) is 0 Å². The minimum absolute atomic E-state index is 0.0365. The van der Waals surface area contributed by atoms with Crippen molar-refractivity contribution < 1.29 is 4.79 Å². The number of carbonyl (C=O) groups excluding carboxylic acids is 1. The monoisotopic (exact) mass is 393 g/mol. The van der Waals surface area contributed by atoms with Gasteiger partial charge in [0.05, 0.1) is 0 Å². The van der Waals surface area contributed by atoms with Gasteiger partial charge in [0.25, 0.3) is 0 Å². The smallest absolute Gasteiger partial charge is 0.212 e. The van der Waals surface area contributed by atoms with Crippen LogP contribution in [-0.4, -0.2) is 10.8 Å². The number of hydrogen-bond acceptors (Lipinski definition) is 2. The number of pyridine rings is 1. The van der Waals surface area contributed by atoms with Gasteiger partial charge in [-0.05, 0) is 68.3 Å². The third-order valence-corrected chi connectivity index (χ3v) is 4.79. The molecule has 4 heteroatoms. The average molecular weight is 395 g/mol. The number of aromatic nitrogens is 1. The number of ketones is 1. The SMILES string of the molecule is O=C(c1cccc(C2CCC2)c1)c1ncc(Br)cc1Br. The molecular weight excluding hydrogens is 382 g/mol. The molecule has 0 saturated heterocycles. The zero-order valence-electron chi connectivity index (χ0n) is 10.8. The van der Waals surface area contributed by atoms with Crippen LogP contribution in [0.3, 0.4) is 0 Å². The fourth-order valence-corrected chi connectivity index (χ4v) is 3.56. The first-order valence-electron chi connectivity index (χ1n) is 6.61. The average Bonchev–Trinajstić information content (AvgIpc) is 2.36. The molecule has 1 aliphatic rings. The third kappa shape index (κ3) is 2.72. The largest absolute Gasteiger partial charge is 0.287 e. The molecule has 1 saturated carbocycles. The molecular formula is C16H13Br2NO. The van der Waals surface area contributed by atoms with Crippen molar-refractivity contribution in [2.24, 2.45) is 0 Å². The lowest BCUT2D eigenvalue weighted by Gasteiger charge is -2.26. The molecule has 0 bridgehead atoms. The van der Waals surface area contributed by atoms with Crippen LogP contribution >= 0.6 is 31.9 Å². The Balaban J connectivity index is 1.93. The van der Waals surface area contributed by atoms with Crippen molar-refractivity contribution in [3.05, 3.63) is 62.3 Å². The van der Waals surface area contributed by atoms with E-state index in [0.29, 0.717) is 21.6 Å². The minimum atomic E-state index is -0.0365. The first kappa shape index (κ1) is 14.0. The van der Waals surface area contributed by atoms with Crippen molar-refractivity contribution in [1.82, 2.24) is 4.98 Å². The van der Waals surface area contributed by atoms with Gasteiger partial charge in [-0.2, -0.15) is 0 Å². The Kier molecular flexibility index (Phi) is 4.03. The van der Waals surface area contributed by atoms with Crippen LogP contribution in [0.2, 0.25) is 0 Å². The molecule has 0 unspecified atom stereocenters. The Morgan fingerprint density at radius 2 is 2.00 bits per heavy atom. The van der Waals surface area contributed by atoms with Crippen molar-refractivity contribution >= 4 is 37.6 Å². The van der Waals surface area contributed by atoms with Gasteiger partial charge in [-0.25, -0.2) is 0 Å². The Morgan fingerprint density at radius 3 is 2.65 bits per heavy atom. The number of halogens is 2. The van der Waals surface area contributed by atoms with Gasteiger partial charge < -0.3 is 0 Å². The third-order valence-electron chi connectivity index (χ3n) is 3.75. The van der Waals surface area contributed by atoms with Gasteiger partial charge >= 0.3 is 0 Å². The van der Waals surface area contributed by atoms with E-state index < -0.39 is 0 Å². The van der Waals surface area contributed by atoms with Gasteiger partial charge in [0, 0.05) is 20.7 Å². The molecule has 2 nitrogen and oxygen atoms in total. The van der Waals surface area contributed by atoms with E-state index >= 15 is 0 Å². The fraction of sp³-hybridized carbons (Fsp3) is 0.250. The van der Waals surface area contributed by atoms with Gasteiger partial charge in [0.15, 0.2) is 0 Å². The first-order valence-corrected chi connectivity index (χ1v) is 8.19. The molecule has 0 aliphatic heterocycles. The molecule has 1 aromatic carbocycles. The minimum Gasteiger partial charge on any atom is -0.287 e. The summed E-state index contributed by atoms with van der Waals surface area (Å²) in [6, 6.07) is 9.80. The lowest BCUT2D eigenvalue weighted by Crippen LogP contribution is -2.11. The van der Waals surface area contributed by atoms with Crippen molar-refractivity contribution in [3.63, 3.8) is 0 Å². The Morgan fingerprint density at radius 1 is 1.20 bits per heavy atom. The molecule has 0 atom stereocenters. The summed E-state index contributed by atoms with van der Waals surface area (Å²) < 4.78 is 1.56. The Hall–Kier alpha value is -1.00. The summed E-state index contributed by atoms with van der Waals surface area (Å²) in [5.74, 6) is 0.592. The highest BCUT2D eigenvalue weighted by molar-refractivity contribution is 9.11. The van der Waals surface area contributed by atoms with Crippen molar-refractivity contribution in [3.8, 4) is 0 Å². The zero-order valence-corrected chi connectivity index (χ0v) is 13.9. The van der Waals surface area contributed by atoms with Gasteiger partial charge in [-0.3, -0.25) is 9.78 Å². The lowest BCUT2D eigenvalue weighted by molar-refractivity contribution is 0.103. The van der Waals surface area contributed by atoms with Gasteiger partial charge in [0.2, 0.25) is 5.78 Å². The van der Waals surface area contributed by atoms with Gasteiger partial charge in [-0.1, -0.05) is 24.6 Å². The molecule has 102 valence electrons. The van der Waals surface area contributed by atoms with Gasteiger partial charge in [0.1, 0.15) is 5.69 Å². The zero-order chi connectivity index (χ0) is 14.1. The molecule has 3 rings (SSSR count). The fourth-order valence-electron chi connectivity index (χ4n) is 2.39. The summed E-state index contributed by atoms with van der Waals surface area (Å²) in [4.78, 5) is 16.8. The second-order valence-corrected chi connectivity index (χ2v) is 6.84. The predicted octanol–water partition coefficient (Wildman–Crippen LogP) is 5.11. The maximum Gasteiger partial charge on any atom is 0.212 e. The molecule has 0 radical (unpaired) electrons. The molecule has 0 spiro atoms. The van der Waals surface area contributed by atoms with Crippen molar-refractivity contribution in [1.29, 1.82) is 0 Å². The molecule has 20 heavy (non-hydrogen) atoms. The molecule has 1 heterocycles. The van der Waals surface area contributed by atoms with E-state index in [4.69, 9.17) is 0 Å². The molecule has 0 N–H and O–H groups in total. The second kappa shape index (κ2) is 5.78. The number of nitrogens with zero attached hydrogens (tertiary/aromatic N) is 1. The Labute approximate surface area is 134 Å². The van der Waals surface area contributed by atoms with Crippen LogP contribution < -0.4 is 0 Å². The van der Waals surface area contributed by atoms with E-state index in [-0.39, 0.29) is 5.78 Å². The van der Waals surface area contributed by atoms with Crippen LogP contribution in [0.15, 0.2) is 45.5 Å². The summed E-state index contributed by atoms with van der Waals surface area (Å²) >= 11 is 6.75. The first-order chi connectivity index (χ1) is 9.65. The van der Waals surface area contributed by atoms with E-state index in [1.165, 1.54) is 24.8 Å². The summed E-state index contributed by atoms with van der Waals surface area (Å²) in [5, 5.41) is 0. The highest BCUT2D eigenvalue weighted by Gasteiger charge is 2.21. The van der Waals surface area contributed by atoms with E-state index in [9.17, 15) is 4.79 Å². The molecule has 1 aliphatic carbocycles. The quantitative estimate of drug-likeness (QED) is 0.677. The summed E-state index contributed by atoms with van der Waals surface area (Å²) in [6.07, 6.45) is 5.41. The van der Waals surface area contributed by atoms with Gasteiger partial charge in [-0.15, -0.1) is 0 Å². The van der Waals surface area contributed by atoms with E-state index in [1.807, 2.05) is 24.3 Å². The van der Waals surface area contributed by atoms with Crippen LogP contribution in [0.5, 0.6) is 0 Å². The maximum atomic E-state index is 12.6. The van der Waals surface area contributed by atoms with Crippen molar-refractivity contribution in [2.45, 2.75) is 25.2 Å². The molecule has 0 amide bonds. The normalized spacial score (nSPS) is 14.9. The number of carbonyl (C=O) groups is 1. The second-order valence-electron chi connectivity index (χ2n) is 5.07. The summed E-state index contributed by atoms with van der Waals surface area (Å²) in [7, 11) is 0. The number of rotatable bonds is 3. The van der Waals surface area contributed by atoms with E-state index in [0.717, 1.165) is 4.47 Å². The van der Waals surface area contributed by atoms with Crippen LogP contribution in [0.1, 0.15) is 46.8 Å². The standard InChI is InChI=1S/C16H13Br2NO/c17-13-8-14(18)15(19-9-13)16(20)12-6-2-5-11(7-12)10-3-1-4-10/h2,5-10H,1,3-4H2. The highest BCUT2D eigenvalue weighted by Crippen LogP contribution is 2.36. The maximum absolute atomic E-state index is 12.6. The Bertz CT molecular complexity index is 665. The summed E-state index contributed by atoms with van der Waals surface area (Å²) in [5.41, 5.74) is 2.44. The van der Waals surface area contributed by atoms with E-state index in [1.54, 1.807) is 6.20 Å². The lowest BCUT2D eigenvalue weighted by atomic mass is 9.79.